The fourth-order valence-corrected chi connectivity index (χ4v) is 2.58. The highest BCUT2D eigenvalue weighted by molar-refractivity contribution is 7.80. The van der Waals surface area contributed by atoms with Crippen molar-refractivity contribution < 1.29 is 4.79 Å². The quantitative estimate of drug-likeness (QED) is 0.717. The summed E-state index contributed by atoms with van der Waals surface area (Å²) < 4.78 is 0. The molecule has 0 aromatic carbocycles. The first-order valence-corrected chi connectivity index (χ1v) is 6.69. The molecule has 2 rings (SSSR count). The number of nitrogens with two attached hydrogens (primary N) is 1. The number of rotatable bonds is 4. The van der Waals surface area contributed by atoms with Gasteiger partial charge in [-0.05, 0) is 31.9 Å². The summed E-state index contributed by atoms with van der Waals surface area (Å²) in [6.45, 7) is 4.53. The highest BCUT2D eigenvalue weighted by atomic mass is 32.1. The van der Waals surface area contributed by atoms with E-state index < -0.39 is 0 Å². The standard InChI is InChI=1S/C13H18N4OS/c1-7-5-8(2)16-13(11(7)12(14)19)15-6-9-3-4-10(18)17-9/h5,9H,3-4,6H2,1-2H3,(H2,14,19)(H,15,16)(H,17,18). The smallest absolute Gasteiger partial charge is 0.220 e. The molecule has 1 saturated heterocycles. The van der Waals surface area contributed by atoms with Gasteiger partial charge in [0.05, 0.1) is 5.56 Å². The minimum atomic E-state index is 0.106. The molecule has 1 aromatic rings. The highest BCUT2D eigenvalue weighted by Gasteiger charge is 2.21. The molecule has 1 aromatic heterocycles. The third-order valence-corrected chi connectivity index (χ3v) is 3.40. The van der Waals surface area contributed by atoms with Crippen molar-refractivity contribution in [3.05, 3.63) is 22.9 Å². The summed E-state index contributed by atoms with van der Waals surface area (Å²) >= 11 is 5.08. The van der Waals surface area contributed by atoms with Crippen molar-refractivity contribution in [3.63, 3.8) is 0 Å². The topological polar surface area (TPSA) is 80.0 Å². The fraction of sp³-hybridized carbons (Fsp3) is 0.462. The molecule has 0 bridgehead atoms. The molecule has 102 valence electrons. The molecule has 1 fully saturated rings. The lowest BCUT2D eigenvalue weighted by atomic mass is 10.1. The summed E-state index contributed by atoms with van der Waals surface area (Å²) in [6.07, 6.45) is 1.44. The second-order valence-corrected chi connectivity index (χ2v) is 5.29. The van der Waals surface area contributed by atoms with Crippen LogP contribution in [0.5, 0.6) is 0 Å². The summed E-state index contributed by atoms with van der Waals surface area (Å²) in [7, 11) is 0. The number of aromatic nitrogens is 1. The summed E-state index contributed by atoms with van der Waals surface area (Å²) in [5, 5.41) is 6.15. The Kier molecular flexibility index (Phi) is 3.99. The summed E-state index contributed by atoms with van der Waals surface area (Å²) in [4.78, 5) is 15.9. The molecular weight excluding hydrogens is 260 g/mol. The van der Waals surface area contributed by atoms with E-state index in [0.29, 0.717) is 23.8 Å². The maximum atomic E-state index is 11.2. The van der Waals surface area contributed by atoms with E-state index in [1.807, 2.05) is 19.9 Å². The van der Waals surface area contributed by atoms with Crippen LogP contribution in [0.3, 0.4) is 0 Å². The summed E-state index contributed by atoms with van der Waals surface area (Å²) in [6, 6.07) is 2.10. The number of nitrogens with zero attached hydrogens (tertiary/aromatic N) is 1. The zero-order valence-electron chi connectivity index (χ0n) is 11.1. The van der Waals surface area contributed by atoms with Gasteiger partial charge in [0.2, 0.25) is 5.91 Å². The maximum absolute atomic E-state index is 11.2. The Morgan fingerprint density at radius 2 is 2.37 bits per heavy atom. The molecule has 19 heavy (non-hydrogen) atoms. The van der Waals surface area contributed by atoms with Crippen LogP contribution in [0, 0.1) is 13.8 Å². The van der Waals surface area contributed by atoms with Crippen LogP contribution in [0.2, 0.25) is 0 Å². The van der Waals surface area contributed by atoms with E-state index in [-0.39, 0.29) is 11.9 Å². The van der Waals surface area contributed by atoms with Crippen molar-refractivity contribution >= 4 is 28.9 Å². The Morgan fingerprint density at radius 3 is 2.95 bits per heavy atom. The zero-order chi connectivity index (χ0) is 14.0. The Labute approximate surface area is 118 Å². The molecule has 0 aliphatic carbocycles. The molecule has 5 nitrogen and oxygen atoms in total. The van der Waals surface area contributed by atoms with Crippen molar-refractivity contribution in [2.45, 2.75) is 32.7 Å². The van der Waals surface area contributed by atoms with Crippen molar-refractivity contribution in [3.8, 4) is 0 Å². The predicted octanol–water partition coefficient (Wildman–Crippen LogP) is 1.02. The number of amides is 1. The van der Waals surface area contributed by atoms with Gasteiger partial charge in [0.1, 0.15) is 10.8 Å². The second-order valence-electron chi connectivity index (χ2n) is 4.85. The van der Waals surface area contributed by atoms with Gasteiger partial charge in [-0.25, -0.2) is 4.98 Å². The van der Waals surface area contributed by atoms with Crippen molar-refractivity contribution in [2.75, 3.05) is 11.9 Å². The lowest BCUT2D eigenvalue weighted by molar-refractivity contribution is -0.119. The van der Waals surface area contributed by atoms with Gasteiger partial charge in [-0.15, -0.1) is 0 Å². The molecule has 1 aliphatic heterocycles. The minimum absolute atomic E-state index is 0.106. The number of pyridine rings is 1. The Morgan fingerprint density at radius 1 is 1.63 bits per heavy atom. The average molecular weight is 278 g/mol. The van der Waals surface area contributed by atoms with Crippen molar-refractivity contribution in [1.29, 1.82) is 0 Å². The van der Waals surface area contributed by atoms with Crippen LogP contribution in [0.1, 0.15) is 29.7 Å². The highest BCUT2D eigenvalue weighted by Crippen LogP contribution is 2.19. The first kappa shape index (κ1) is 13.7. The van der Waals surface area contributed by atoms with Gasteiger partial charge in [0.15, 0.2) is 0 Å². The predicted molar refractivity (Wildman–Crippen MR) is 79.3 cm³/mol. The van der Waals surface area contributed by atoms with Gasteiger partial charge in [-0.3, -0.25) is 4.79 Å². The molecule has 6 heteroatoms. The van der Waals surface area contributed by atoms with Gasteiger partial charge >= 0.3 is 0 Å². The van der Waals surface area contributed by atoms with E-state index in [1.54, 1.807) is 0 Å². The maximum Gasteiger partial charge on any atom is 0.220 e. The minimum Gasteiger partial charge on any atom is -0.389 e. The molecule has 0 spiro atoms. The van der Waals surface area contributed by atoms with Gasteiger partial charge < -0.3 is 16.4 Å². The number of nitrogens with one attached hydrogen (secondary N) is 2. The van der Waals surface area contributed by atoms with Crippen LogP contribution in [0.25, 0.3) is 0 Å². The summed E-state index contributed by atoms with van der Waals surface area (Å²) in [5.74, 6) is 0.806. The first-order chi connectivity index (χ1) is 8.97. The molecule has 1 atom stereocenters. The van der Waals surface area contributed by atoms with Crippen molar-refractivity contribution in [2.24, 2.45) is 5.73 Å². The van der Waals surface area contributed by atoms with E-state index >= 15 is 0 Å². The largest absolute Gasteiger partial charge is 0.389 e. The molecule has 1 amide bonds. The fourth-order valence-electron chi connectivity index (χ4n) is 2.33. The van der Waals surface area contributed by atoms with E-state index in [9.17, 15) is 4.79 Å². The molecule has 0 saturated carbocycles. The molecule has 4 N–H and O–H groups in total. The molecule has 1 unspecified atom stereocenters. The van der Waals surface area contributed by atoms with Crippen LogP contribution in [-0.2, 0) is 4.79 Å². The second kappa shape index (κ2) is 5.52. The number of hydrogen-bond acceptors (Lipinski definition) is 4. The van der Waals surface area contributed by atoms with Gasteiger partial charge in [-0.1, -0.05) is 12.2 Å². The van der Waals surface area contributed by atoms with E-state index in [2.05, 4.69) is 15.6 Å². The SMILES string of the molecule is Cc1cc(C)c(C(N)=S)c(NCC2CCC(=O)N2)n1. The number of thiocarbonyl (C=S) groups is 1. The average Bonchev–Trinajstić information content (AvgIpc) is 2.71. The van der Waals surface area contributed by atoms with Gasteiger partial charge in [0.25, 0.3) is 0 Å². The Bertz CT molecular complexity index is 530. The molecule has 2 heterocycles. The number of aryl methyl sites for hydroxylation is 2. The number of hydrogen-bond donors (Lipinski definition) is 3. The molecular formula is C13H18N4OS. The van der Waals surface area contributed by atoms with Crippen LogP contribution >= 0.6 is 12.2 Å². The van der Waals surface area contributed by atoms with Crippen LogP contribution in [0.15, 0.2) is 6.07 Å². The third kappa shape index (κ3) is 3.20. The summed E-state index contributed by atoms with van der Waals surface area (Å²) in [5.41, 5.74) is 8.46. The molecule has 1 aliphatic rings. The number of anilines is 1. The van der Waals surface area contributed by atoms with Crippen molar-refractivity contribution in [1.82, 2.24) is 10.3 Å². The Balaban J connectivity index is 2.15. The lowest BCUT2D eigenvalue weighted by Crippen LogP contribution is -2.32. The van der Waals surface area contributed by atoms with Gasteiger partial charge in [0, 0.05) is 24.7 Å². The van der Waals surface area contributed by atoms with Crippen LogP contribution in [0.4, 0.5) is 5.82 Å². The Hall–Kier alpha value is -1.69. The van der Waals surface area contributed by atoms with E-state index in [1.165, 1.54) is 0 Å². The normalized spacial score (nSPS) is 18.2. The van der Waals surface area contributed by atoms with E-state index in [0.717, 1.165) is 23.2 Å². The lowest BCUT2D eigenvalue weighted by Gasteiger charge is -2.16. The van der Waals surface area contributed by atoms with Crippen LogP contribution in [-0.4, -0.2) is 28.5 Å². The number of carbonyl (C=O) groups excluding carboxylic acids is 1. The molecule has 0 radical (unpaired) electrons. The zero-order valence-corrected chi connectivity index (χ0v) is 11.9. The first-order valence-electron chi connectivity index (χ1n) is 6.28. The number of carbonyl (C=O) groups is 1. The monoisotopic (exact) mass is 278 g/mol. The van der Waals surface area contributed by atoms with Gasteiger partial charge in [-0.2, -0.15) is 0 Å². The van der Waals surface area contributed by atoms with Crippen LogP contribution < -0.4 is 16.4 Å². The van der Waals surface area contributed by atoms with E-state index in [4.69, 9.17) is 18.0 Å². The third-order valence-electron chi connectivity index (χ3n) is 3.19.